The average molecular weight is 435 g/mol. The maximum absolute atomic E-state index is 11.0. The SMILES string of the molecule is Cc1ccc(/C(=C(\c2ccc(N=O)cc2)c2ccc(ON)cc2)c2ccc(N=O)cc2)cc1. The van der Waals surface area contributed by atoms with Crippen LogP contribution >= 0.6 is 0 Å². The third-order valence-electron chi connectivity index (χ3n) is 5.39. The fraction of sp³-hybridized carbons (Fsp3) is 0.0370. The number of rotatable bonds is 7. The van der Waals surface area contributed by atoms with Crippen molar-refractivity contribution < 1.29 is 4.84 Å². The molecular formula is C27H21N3O3. The first-order valence-corrected chi connectivity index (χ1v) is 10.3. The van der Waals surface area contributed by atoms with Crippen LogP contribution in [-0.4, -0.2) is 0 Å². The zero-order chi connectivity index (χ0) is 23.2. The van der Waals surface area contributed by atoms with E-state index in [4.69, 9.17) is 10.7 Å². The van der Waals surface area contributed by atoms with Gasteiger partial charge in [0.25, 0.3) is 0 Å². The summed E-state index contributed by atoms with van der Waals surface area (Å²) in [6.07, 6.45) is 0. The van der Waals surface area contributed by atoms with Crippen molar-refractivity contribution >= 4 is 22.5 Å². The van der Waals surface area contributed by atoms with E-state index in [9.17, 15) is 9.81 Å². The minimum atomic E-state index is 0.350. The third-order valence-corrected chi connectivity index (χ3v) is 5.39. The number of benzene rings is 4. The molecule has 6 heteroatoms. The van der Waals surface area contributed by atoms with Crippen LogP contribution in [-0.2, 0) is 0 Å². The van der Waals surface area contributed by atoms with E-state index in [1.54, 1.807) is 36.4 Å². The summed E-state index contributed by atoms with van der Waals surface area (Å²) in [5.74, 6) is 5.85. The molecule has 0 fully saturated rings. The lowest BCUT2D eigenvalue weighted by molar-refractivity contribution is 0.334. The molecule has 0 unspecified atom stereocenters. The first-order chi connectivity index (χ1) is 16.1. The topological polar surface area (TPSA) is 94.1 Å². The molecule has 2 N–H and O–H groups in total. The summed E-state index contributed by atoms with van der Waals surface area (Å²) in [6.45, 7) is 2.04. The Morgan fingerprint density at radius 3 is 1.24 bits per heavy atom. The van der Waals surface area contributed by atoms with E-state index in [0.29, 0.717) is 17.1 Å². The second-order valence-corrected chi connectivity index (χ2v) is 7.53. The maximum atomic E-state index is 11.0. The van der Waals surface area contributed by atoms with Crippen LogP contribution in [0.1, 0.15) is 27.8 Å². The number of hydrogen-bond donors (Lipinski definition) is 1. The highest BCUT2D eigenvalue weighted by molar-refractivity contribution is 6.04. The third kappa shape index (κ3) is 4.76. The molecule has 0 aliphatic rings. The lowest BCUT2D eigenvalue weighted by Crippen LogP contribution is -2.02. The van der Waals surface area contributed by atoms with Gasteiger partial charge in [-0.1, -0.05) is 66.2 Å². The van der Waals surface area contributed by atoms with Gasteiger partial charge in [0.1, 0.15) is 17.1 Å². The molecule has 0 aliphatic heterocycles. The maximum Gasteiger partial charge on any atom is 0.146 e. The van der Waals surface area contributed by atoms with Gasteiger partial charge in [-0.2, -0.15) is 5.90 Å². The molecule has 33 heavy (non-hydrogen) atoms. The van der Waals surface area contributed by atoms with Crippen molar-refractivity contribution in [2.24, 2.45) is 16.3 Å². The Morgan fingerprint density at radius 1 is 0.576 bits per heavy atom. The van der Waals surface area contributed by atoms with E-state index in [0.717, 1.165) is 39.0 Å². The normalized spacial score (nSPS) is 11.5. The second-order valence-electron chi connectivity index (χ2n) is 7.53. The highest BCUT2D eigenvalue weighted by atomic mass is 16.6. The smallest absolute Gasteiger partial charge is 0.146 e. The van der Waals surface area contributed by atoms with Crippen molar-refractivity contribution in [3.05, 3.63) is 135 Å². The Bertz CT molecular complexity index is 1290. The molecule has 4 aromatic rings. The largest absolute Gasteiger partial charge is 0.412 e. The first kappa shape index (κ1) is 21.8. The molecule has 0 saturated carbocycles. The standard InChI is InChI=1S/C27H21N3O3/c1-18-2-4-19(5-3-18)26(20-6-12-23(29-31)13-7-20)27(21-8-14-24(30-32)15-9-21)22-10-16-25(33-28)17-11-22/h2-17H,28H2,1H3/b27-26-. The Kier molecular flexibility index (Phi) is 6.48. The molecule has 0 saturated heterocycles. The summed E-state index contributed by atoms with van der Waals surface area (Å²) in [4.78, 5) is 26.8. The minimum absolute atomic E-state index is 0.350. The molecule has 0 amide bonds. The van der Waals surface area contributed by atoms with Crippen molar-refractivity contribution in [1.29, 1.82) is 0 Å². The van der Waals surface area contributed by atoms with Crippen LogP contribution in [0.3, 0.4) is 0 Å². The molecule has 0 spiro atoms. The highest BCUT2D eigenvalue weighted by Gasteiger charge is 2.17. The van der Waals surface area contributed by atoms with Crippen LogP contribution < -0.4 is 10.7 Å². The van der Waals surface area contributed by atoms with E-state index in [1.807, 2.05) is 43.3 Å². The van der Waals surface area contributed by atoms with Crippen LogP contribution in [0.2, 0.25) is 0 Å². The zero-order valence-corrected chi connectivity index (χ0v) is 17.9. The van der Waals surface area contributed by atoms with Gasteiger partial charge in [-0.15, -0.1) is 9.81 Å². The molecule has 0 aliphatic carbocycles. The van der Waals surface area contributed by atoms with Crippen LogP contribution in [0.15, 0.2) is 107 Å². The Morgan fingerprint density at radius 2 is 0.909 bits per heavy atom. The quantitative estimate of drug-likeness (QED) is 0.191. The van der Waals surface area contributed by atoms with Gasteiger partial charge in [-0.05, 0) is 87.1 Å². The molecule has 6 nitrogen and oxygen atoms in total. The van der Waals surface area contributed by atoms with Crippen LogP contribution in [0.4, 0.5) is 11.4 Å². The molecule has 4 rings (SSSR count). The first-order valence-electron chi connectivity index (χ1n) is 10.3. The van der Waals surface area contributed by atoms with Crippen molar-refractivity contribution in [3.63, 3.8) is 0 Å². The fourth-order valence-corrected chi connectivity index (χ4v) is 3.71. The second kappa shape index (κ2) is 9.80. The van der Waals surface area contributed by atoms with Crippen LogP contribution in [0.25, 0.3) is 11.1 Å². The van der Waals surface area contributed by atoms with E-state index in [2.05, 4.69) is 34.6 Å². The Hall–Kier alpha value is -4.42. The van der Waals surface area contributed by atoms with Crippen molar-refractivity contribution in [2.75, 3.05) is 0 Å². The van der Waals surface area contributed by atoms with Crippen molar-refractivity contribution in [3.8, 4) is 5.75 Å². The lowest BCUT2D eigenvalue weighted by atomic mass is 9.85. The highest BCUT2D eigenvalue weighted by Crippen LogP contribution is 2.38. The predicted octanol–water partition coefficient (Wildman–Crippen LogP) is 7.05. The van der Waals surface area contributed by atoms with E-state index in [-0.39, 0.29) is 0 Å². The number of aryl methyl sites for hydroxylation is 1. The fourth-order valence-electron chi connectivity index (χ4n) is 3.71. The molecule has 0 heterocycles. The summed E-state index contributed by atoms with van der Waals surface area (Å²) in [7, 11) is 0. The minimum Gasteiger partial charge on any atom is -0.412 e. The average Bonchev–Trinajstić information content (AvgIpc) is 2.88. The Labute approximate surface area is 191 Å². The molecular weight excluding hydrogens is 414 g/mol. The van der Waals surface area contributed by atoms with Crippen molar-refractivity contribution in [2.45, 2.75) is 6.92 Å². The van der Waals surface area contributed by atoms with E-state index in [1.165, 1.54) is 0 Å². The summed E-state index contributed by atoms with van der Waals surface area (Å²) in [5, 5.41) is 6.04. The summed E-state index contributed by atoms with van der Waals surface area (Å²) in [5.41, 5.74) is 7.49. The Balaban J connectivity index is 2.05. The predicted molar refractivity (Wildman–Crippen MR) is 131 cm³/mol. The number of nitroso groups, excluding NO2 is 2. The van der Waals surface area contributed by atoms with Gasteiger partial charge in [0.15, 0.2) is 0 Å². The van der Waals surface area contributed by atoms with Crippen LogP contribution in [0.5, 0.6) is 5.75 Å². The molecule has 162 valence electrons. The van der Waals surface area contributed by atoms with Crippen LogP contribution in [0, 0.1) is 16.7 Å². The molecule has 4 aromatic carbocycles. The summed E-state index contributed by atoms with van der Waals surface area (Å²) >= 11 is 0. The van der Waals surface area contributed by atoms with Gasteiger partial charge in [0, 0.05) is 0 Å². The number of hydrogen-bond acceptors (Lipinski definition) is 6. The molecule has 0 atom stereocenters. The van der Waals surface area contributed by atoms with Gasteiger partial charge in [-0.3, -0.25) is 0 Å². The zero-order valence-electron chi connectivity index (χ0n) is 17.9. The lowest BCUT2D eigenvalue weighted by Gasteiger charge is -2.18. The van der Waals surface area contributed by atoms with Gasteiger partial charge < -0.3 is 4.84 Å². The van der Waals surface area contributed by atoms with Gasteiger partial charge in [0.05, 0.1) is 0 Å². The summed E-state index contributed by atoms with van der Waals surface area (Å²) < 4.78 is 0. The number of nitrogens with two attached hydrogens (primary N) is 1. The van der Waals surface area contributed by atoms with Gasteiger partial charge in [-0.25, -0.2) is 0 Å². The molecule has 0 aromatic heterocycles. The molecule has 0 bridgehead atoms. The molecule has 0 radical (unpaired) electrons. The summed E-state index contributed by atoms with van der Waals surface area (Å²) in [6, 6.07) is 29.9. The van der Waals surface area contributed by atoms with Gasteiger partial charge >= 0.3 is 0 Å². The van der Waals surface area contributed by atoms with Crippen molar-refractivity contribution in [1.82, 2.24) is 0 Å². The van der Waals surface area contributed by atoms with E-state index >= 15 is 0 Å². The van der Waals surface area contributed by atoms with Gasteiger partial charge in [0.2, 0.25) is 0 Å². The number of nitrogens with zero attached hydrogens (tertiary/aromatic N) is 2. The monoisotopic (exact) mass is 435 g/mol. The van der Waals surface area contributed by atoms with E-state index < -0.39 is 0 Å².